The second-order valence-electron chi connectivity index (χ2n) is 2.01. The zero-order valence-electron chi connectivity index (χ0n) is 5.57. The fourth-order valence-electron chi connectivity index (χ4n) is 0.655. The Balaban J connectivity index is 3.33. The molecule has 0 aliphatic heterocycles. The summed E-state index contributed by atoms with van der Waals surface area (Å²) in [7, 11) is 0. The minimum atomic E-state index is -2.66. The van der Waals surface area contributed by atoms with Crippen LogP contribution in [0.4, 0.5) is 8.78 Å². The van der Waals surface area contributed by atoms with Crippen LogP contribution in [0.15, 0.2) is 15.3 Å². The Morgan fingerprint density at radius 3 is 2.67 bits per heavy atom. The maximum absolute atomic E-state index is 12.1. The molecule has 1 aromatic rings. The van der Waals surface area contributed by atoms with Crippen molar-refractivity contribution in [2.75, 3.05) is 0 Å². The SMILES string of the molecule is O=c1[nH]c(C(F)F)c(Br)cc1I. The number of pyridine rings is 1. The summed E-state index contributed by atoms with van der Waals surface area (Å²) in [6, 6.07) is 1.36. The number of alkyl halides is 2. The van der Waals surface area contributed by atoms with E-state index in [1.54, 1.807) is 22.6 Å². The van der Waals surface area contributed by atoms with Gasteiger partial charge in [-0.3, -0.25) is 4.79 Å². The predicted octanol–water partition coefficient (Wildman–Crippen LogP) is 2.68. The molecule has 1 aromatic heterocycles. The first-order valence-corrected chi connectivity index (χ1v) is 4.76. The molecule has 0 amide bonds. The molecule has 0 aliphatic rings. The Morgan fingerprint density at radius 2 is 2.17 bits per heavy atom. The van der Waals surface area contributed by atoms with Gasteiger partial charge in [-0.2, -0.15) is 0 Å². The van der Waals surface area contributed by atoms with E-state index in [0.717, 1.165) is 0 Å². The van der Waals surface area contributed by atoms with Crippen molar-refractivity contribution in [1.82, 2.24) is 4.98 Å². The van der Waals surface area contributed by atoms with Crippen molar-refractivity contribution in [1.29, 1.82) is 0 Å². The van der Waals surface area contributed by atoms with Crippen LogP contribution in [0, 0.1) is 3.57 Å². The van der Waals surface area contributed by atoms with Crippen LogP contribution >= 0.6 is 38.5 Å². The second-order valence-corrected chi connectivity index (χ2v) is 4.03. The van der Waals surface area contributed by atoms with Crippen LogP contribution in [-0.2, 0) is 0 Å². The molecule has 66 valence electrons. The molecular weight excluding hydrogens is 347 g/mol. The van der Waals surface area contributed by atoms with Crippen LogP contribution in [0.3, 0.4) is 0 Å². The van der Waals surface area contributed by atoms with Crippen LogP contribution in [0.2, 0.25) is 0 Å². The van der Waals surface area contributed by atoms with Crippen molar-refractivity contribution in [3.05, 3.63) is 30.2 Å². The van der Waals surface area contributed by atoms with Crippen LogP contribution in [0.5, 0.6) is 0 Å². The molecule has 0 spiro atoms. The van der Waals surface area contributed by atoms with Gasteiger partial charge in [0.15, 0.2) is 0 Å². The summed E-state index contributed by atoms with van der Waals surface area (Å²) in [5, 5.41) is 0. The number of aromatic nitrogens is 1. The van der Waals surface area contributed by atoms with Crippen LogP contribution in [-0.4, -0.2) is 4.98 Å². The highest BCUT2D eigenvalue weighted by atomic mass is 127. The van der Waals surface area contributed by atoms with Gasteiger partial charge in [-0.25, -0.2) is 8.78 Å². The Morgan fingerprint density at radius 1 is 1.58 bits per heavy atom. The summed E-state index contributed by atoms with van der Waals surface area (Å²) in [4.78, 5) is 13.0. The standard InChI is InChI=1S/C6H3BrF2INO/c7-2-1-3(10)6(12)11-4(2)5(8)9/h1,5H,(H,11,12). The van der Waals surface area contributed by atoms with Crippen molar-refractivity contribution in [3.63, 3.8) is 0 Å². The third-order valence-electron chi connectivity index (χ3n) is 1.19. The minimum Gasteiger partial charge on any atom is -0.319 e. The summed E-state index contributed by atoms with van der Waals surface area (Å²) in [5.74, 6) is 0. The molecule has 1 heterocycles. The van der Waals surface area contributed by atoms with Crippen molar-refractivity contribution in [2.45, 2.75) is 6.43 Å². The van der Waals surface area contributed by atoms with Crippen molar-refractivity contribution in [2.24, 2.45) is 0 Å². The number of aromatic amines is 1. The zero-order valence-corrected chi connectivity index (χ0v) is 9.32. The first kappa shape index (κ1) is 10.1. The summed E-state index contributed by atoms with van der Waals surface area (Å²) < 4.78 is 24.9. The maximum Gasteiger partial charge on any atom is 0.279 e. The minimum absolute atomic E-state index is 0.224. The van der Waals surface area contributed by atoms with E-state index in [1.165, 1.54) is 6.07 Å². The molecule has 0 atom stereocenters. The topological polar surface area (TPSA) is 32.9 Å². The summed E-state index contributed by atoms with van der Waals surface area (Å²) in [5.41, 5.74) is -0.866. The lowest BCUT2D eigenvalue weighted by Crippen LogP contribution is -2.12. The lowest BCUT2D eigenvalue weighted by atomic mass is 10.4. The molecule has 0 saturated carbocycles. The van der Waals surface area contributed by atoms with Gasteiger partial charge in [0.2, 0.25) is 0 Å². The lowest BCUT2D eigenvalue weighted by molar-refractivity contribution is 0.145. The monoisotopic (exact) mass is 349 g/mol. The Hall–Kier alpha value is 0.0200. The first-order chi connectivity index (χ1) is 5.52. The number of H-pyrrole nitrogens is 1. The summed E-state index contributed by atoms with van der Waals surface area (Å²) in [6.07, 6.45) is -2.66. The summed E-state index contributed by atoms with van der Waals surface area (Å²) >= 11 is 4.70. The third kappa shape index (κ3) is 2.03. The largest absolute Gasteiger partial charge is 0.319 e. The highest BCUT2D eigenvalue weighted by molar-refractivity contribution is 14.1. The zero-order chi connectivity index (χ0) is 9.30. The first-order valence-electron chi connectivity index (χ1n) is 2.88. The highest BCUT2D eigenvalue weighted by Crippen LogP contribution is 2.24. The maximum atomic E-state index is 12.1. The molecule has 0 aromatic carbocycles. The van der Waals surface area contributed by atoms with Gasteiger partial charge in [0, 0.05) is 4.47 Å². The van der Waals surface area contributed by atoms with E-state index in [-0.39, 0.29) is 10.2 Å². The van der Waals surface area contributed by atoms with E-state index in [2.05, 4.69) is 20.9 Å². The number of hydrogen-bond donors (Lipinski definition) is 1. The molecule has 1 N–H and O–H groups in total. The van der Waals surface area contributed by atoms with Crippen LogP contribution in [0.1, 0.15) is 12.1 Å². The number of nitrogens with one attached hydrogen (secondary N) is 1. The van der Waals surface area contributed by atoms with Gasteiger partial charge in [-0.1, -0.05) is 0 Å². The van der Waals surface area contributed by atoms with Crippen molar-refractivity contribution < 1.29 is 8.78 Å². The van der Waals surface area contributed by atoms with E-state index >= 15 is 0 Å². The van der Waals surface area contributed by atoms with Crippen molar-refractivity contribution in [3.8, 4) is 0 Å². The quantitative estimate of drug-likeness (QED) is 0.777. The molecule has 12 heavy (non-hydrogen) atoms. The smallest absolute Gasteiger partial charge is 0.279 e. The van der Waals surface area contributed by atoms with Gasteiger partial charge in [0.05, 0.1) is 9.26 Å². The number of rotatable bonds is 1. The molecular formula is C6H3BrF2INO. The Bertz CT molecular complexity index is 352. The Labute approximate surface area is 88.6 Å². The molecule has 0 aliphatic carbocycles. The molecule has 0 fully saturated rings. The average Bonchev–Trinajstić information content (AvgIpc) is 1.96. The molecule has 1 rings (SSSR count). The summed E-state index contributed by atoms with van der Waals surface area (Å²) in [6.45, 7) is 0. The highest BCUT2D eigenvalue weighted by Gasteiger charge is 2.13. The fourth-order valence-corrected chi connectivity index (χ4v) is 2.03. The predicted molar refractivity (Wildman–Crippen MR) is 52.4 cm³/mol. The van der Waals surface area contributed by atoms with Gasteiger partial charge >= 0.3 is 0 Å². The molecule has 6 heteroatoms. The Kier molecular flexibility index (Phi) is 3.22. The average molecular weight is 350 g/mol. The molecule has 2 nitrogen and oxygen atoms in total. The van der Waals surface area contributed by atoms with Gasteiger partial charge in [0.25, 0.3) is 12.0 Å². The van der Waals surface area contributed by atoms with Crippen molar-refractivity contribution >= 4 is 38.5 Å². The van der Waals surface area contributed by atoms with E-state index in [1.807, 2.05) is 0 Å². The normalized spacial score (nSPS) is 10.8. The number of halogens is 4. The lowest BCUT2D eigenvalue weighted by Gasteiger charge is -2.02. The molecule has 0 bridgehead atoms. The van der Waals surface area contributed by atoms with E-state index in [4.69, 9.17) is 0 Å². The van der Waals surface area contributed by atoms with Crippen LogP contribution < -0.4 is 5.56 Å². The van der Waals surface area contributed by atoms with Gasteiger partial charge in [-0.05, 0) is 44.6 Å². The molecule has 0 radical (unpaired) electrons. The van der Waals surface area contributed by atoms with E-state index in [9.17, 15) is 13.6 Å². The third-order valence-corrected chi connectivity index (χ3v) is 2.65. The second kappa shape index (κ2) is 3.82. The fraction of sp³-hybridized carbons (Fsp3) is 0.167. The molecule has 0 unspecified atom stereocenters. The van der Waals surface area contributed by atoms with Gasteiger partial charge in [-0.15, -0.1) is 0 Å². The molecule has 0 saturated heterocycles. The van der Waals surface area contributed by atoms with E-state index < -0.39 is 12.0 Å². The van der Waals surface area contributed by atoms with Crippen LogP contribution in [0.25, 0.3) is 0 Å². The van der Waals surface area contributed by atoms with Gasteiger partial charge in [0.1, 0.15) is 0 Å². The van der Waals surface area contributed by atoms with E-state index in [0.29, 0.717) is 3.57 Å². The number of hydrogen-bond acceptors (Lipinski definition) is 1. The van der Waals surface area contributed by atoms with Gasteiger partial charge < -0.3 is 4.98 Å².